The third kappa shape index (κ3) is 2.85. The van der Waals surface area contributed by atoms with E-state index in [0.29, 0.717) is 17.0 Å². The predicted molar refractivity (Wildman–Crippen MR) is 83.4 cm³/mol. The number of carbonyl (C=O) groups is 2. The number of rotatable bonds is 4. The van der Waals surface area contributed by atoms with E-state index in [1.54, 1.807) is 24.4 Å². The van der Waals surface area contributed by atoms with Crippen molar-refractivity contribution in [3.63, 3.8) is 0 Å². The van der Waals surface area contributed by atoms with E-state index in [1.165, 1.54) is 11.8 Å². The molecule has 0 aliphatic carbocycles. The molecule has 0 saturated heterocycles. The van der Waals surface area contributed by atoms with Gasteiger partial charge in [0.25, 0.3) is 5.91 Å². The zero-order valence-corrected chi connectivity index (χ0v) is 13.0. The minimum Gasteiger partial charge on any atom is -0.482 e. The summed E-state index contributed by atoms with van der Waals surface area (Å²) in [5.41, 5.74) is 1.08. The molecule has 7 heteroatoms. The van der Waals surface area contributed by atoms with Crippen LogP contribution in [0.3, 0.4) is 0 Å². The molecule has 6 nitrogen and oxygen atoms in total. The molecule has 1 aromatic heterocycles. The van der Waals surface area contributed by atoms with Gasteiger partial charge in [0.1, 0.15) is 5.75 Å². The van der Waals surface area contributed by atoms with Crippen LogP contribution in [0.2, 0.25) is 0 Å². The van der Waals surface area contributed by atoms with Gasteiger partial charge in [-0.1, -0.05) is 11.8 Å². The van der Waals surface area contributed by atoms with E-state index in [0.717, 1.165) is 5.16 Å². The minimum atomic E-state index is -0.278. The van der Waals surface area contributed by atoms with Crippen molar-refractivity contribution in [2.75, 3.05) is 11.9 Å². The lowest BCUT2D eigenvalue weighted by Crippen LogP contribution is -2.25. The Morgan fingerprint density at radius 3 is 3.05 bits per heavy atom. The molecule has 0 unspecified atom stereocenters. The first kappa shape index (κ1) is 14.6. The van der Waals surface area contributed by atoms with Gasteiger partial charge >= 0.3 is 0 Å². The molecule has 22 heavy (non-hydrogen) atoms. The highest BCUT2D eigenvalue weighted by atomic mass is 32.2. The average molecular weight is 317 g/mol. The first-order valence-corrected chi connectivity index (χ1v) is 7.67. The van der Waals surface area contributed by atoms with E-state index < -0.39 is 0 Å². The molecule has 0 fully saturated rings. The maximum absolute atomic E-state index is 12.5. The van der Waals surface area contributed by atoms with Crippen molar-refractivity contribution >= 4 is 29.1 Å². The topological polar surface area (TPSA) is 73.2 Å². The average Bonchev–Trinajstić information content (AvgIpc) is 2.90. The number of carbonyl (C=O) groups excluding carboxylic acids is 2. The van der Waals surface area contributed by atoms with Crippen LogP contribution in [-0.2, 0) is 11.8 Å². The fraction of sp³-hybridized carbons (Fsp3) is 0.267. The molecular weight excluding hydrogens is 302 g/mol. The number of benzene rings is 1. The van der Waals surface area contributed by atoms with Crippen LogP contribution in [0.4, 0.5) is 5.69 Å². The highest BCUT2D eigenvalue weighted by Gasteiger charge is 2.22. The third-order valence-electron chi connectivity index (χ3n) is 3.33. The number of ether oxygens (including phenoxy) is 1. The summed E-state index contributed by atoms with van der Waals surface area (Å²) in [6.45, 7) is 1.85. The number of amides is 1. The van der Waals surface area contributed by atoms with E-state index in [9.17, 15) is 9.59 Å². The number of nitrogens with zero attached hydrogens (tertiary/aromatic N) is 2. The molecule has 0 saturated carbocycles. The van der Waals surface area contributed by atoms with Crippen LogP contribution in [0.15, 0.2) is 35.7 Å². The summed E-state index contributed by atoms with van der Waals surface area (Å²) in [6.07, 6.45) is 3.54. The summed E-state index contributed by atoms with van der Waals surface area (Å²) in [6, 6.07) is 5.08. The van der Waals surface area contributed by atoms with E-state index >= 15 is 0 Å². The Bertz CT molecular complexity index is 741. The Balaban J connectivity index is 1.78. The molecular formula is C15H15N3O3S. The monoisotopic (exact) mass is 317 g/mol. The number of ketones is 1. The highest BCUT2D eigenvalue weighted by Crippen LogP contribution is 2.30. The Morgan fingerprint density at radius 2 is 2.32 bits per heavy atom. The molecule has 1 amide bonds. The van der Waals surface area contributed by atoms with Crippen LogP contribution in [0.1, 0.15) is 17.3 Å². The van der Waals surface area contributed by atoms with Gasteiger partial charge in [-0.15, -0.1) is 0 Å². The number of aromatic nitrogens is 2. The number of thioether (sulfide) groups is 1. The molecule has 1 atom stereocenters. The summed E-state index contributed by atoms with van der Waals surface area (Å²) in [7, 11) is 1.89. The number of hydrogen-bond donors (Lipinski definition) is 1. The van der Waals surface area contributed by atoms with Crippen molar-refractivity contribution in [1.82, 2.24) is 9.55 Å². The molecule has 1 N–H and O–H groups in total. The molecule has 2 aromatic rings. The fourth-order valence-electron chi connectivity index (χ4n) is 2.15. The second-order valence-electron chi connectivity index (χ2n) is 4.99. The SMILES string of the molecule is C[C@H](Sc1nccn1C)C(=O)c1ccc2c(c1)NC(=O)CO2. The van der Waals surface area contributed by atoms with Crippen molar-refractivity contribution in [2.45, 2.75) is 17.3 Å². The number of nitrogens with one attached hydrogen (secondary N) is 1. The molecule has 1 aliphatic heterocycles. The van der Waals surface area contributed by atoms with Crippen LogP contribution in [0.5, 0.6) is 5.75 Å². The summed E-state index contributed by atoms with van der Waals surface area (Å²) >= 11 is 1.40. The van der Waals surface area contributed by atoms with E-state index in [1.807, 2.05) is 24.7 Å². The van der Waals surface area contributed by atoms with E-state index in [-0.39, 0.29) is 23.5 Å². The van der Waals surface area contributed by atoms with Crippen LogP contribution in [0, 0.1) is 0 Å². The highest BCUT2D eigenvalue weighted by molar-refractivity contribution is 8.00. The predicted octanol–water partition coefficient (Wildman–Crippen LogP) is 2.11. The maximum Gasteiger partial charge on any atom is 0.262 e. The summed E-state index contributed by atoms with van der Waals surface area (Å²) in [5, 5.41) is 3.22. The number of aryl methyl sites for hydroxylation is 1. The van der Waals surface area contributed by atoms with Gasteiger partial charge in [-0.05, 0) is 25.1 Å². The zero-order valence-electron chi connectivity index (χ0n) is 12.2. The molecule has 2 heterocycles. The molecule has 1 aliphatic rings. The molecule has 1 aromatic carbocycles. The van der Waals surface area contributed by atoms with Gasteiger partial charge in [0, 0.05) is 25.0 Å². The van der Waals surface area contributed by atoms with Crippen LogP contribution in [0.25, 0.3) is 0 Å². The first-order valence-electron chi connectivity index (χ1n) is 6.79. The Hall–Kier alpha value is -2.28. The van der Waals surface area contributed by atoms with Gasteiger partial charge in [-0.25, -0.2) is 4.98 Å². The van der Waals surface area contributed by atoms with E-state index in [4.69, 9.17) is 4.74 Å². The number of anilines is 1. The summed E-state index contributed by atoms with van der Waals surface area (Å²) in [5.74, 6) is 0.351. The van der Waals surface area contributed by atoms with Crippen LogP contribution < -0.4 is 10.1 Å². The lowest BCUT2D eigenvalue weighted by Gasteiger charge is -2.19. The maximum atomic E-state index is 12.5. The molecule has 0 spiro atoms. The van der Waals surface area contributed by atoms with E-state index in [2.05, 4.69) is 10.3 Å². The van der Waals surface area contributed by atoms with Gasteiger partial charge in [-0.3, -0.25) is 9.59 Å². The molecule has 3 rings (SSSR count). The largest absolute Gasteiger partial charge is 0.482 e. The fourth-order valence-corrected chi connectivity index (χ4v) is 3.06. The number of fused-ring (bicyclic) bond motifs is 1. The van der Waals surface area contributed by atoms with Gasteiger partial charge in [-0.2, -0.15) is 0 Å². The Labute approximate surface area is 131 Å². The van der Waals surface area contributed by atoms with Gasteiger partial charge in [0.2, 0.25) is 0 Å². The van der Waals surface area contributed by atoms with Crippen molar-refractivity contribution in [1.29, 1.82) is 0 Å². The molecule has 0 radical (unpaired) electrons. The van der Waals surface area contributed by atoms with Gasteiger partial charge < -0.3 is 14.6 Å². The quantitative estimate of drug-likeness (QED) is 0.690. The molecule has 0 bridgehead atoms. The summed E-state index contributed by atoms with van der Waals surface area (Å²) < 4.78 is 7.16. The van der Waals surface area contributed by atoms with Gasteiger partial charge in [0.05, 0.1) is 10.9 Å². The lowest BCUT2D eigenvalue weighted by molar-refractivity contribution is -0.118. The number of imidazole rings is 1. The first-order chi connectivity index (χ1) is 10.5. The van der Waals surface area contributed by atoms with Crippen LogP contribution in [-0.4, -0.2) is 33.1 Å². The second-order valence-corrected chi connectivity index (χ2v) is 6.30. The van der Waals surface area contributed by atoms with Crippen molar-refractivity contribution < 1.29 is 14.3 Å². The van der Waals surface area contributed by atoms with Gasteiger partial charge in [0.15, 0.2) is 17.5 Å². The summed E-state index contributed by atoms with van der Waals surface area (Å²) in [4.78, 5) is 28.1. The van der Waals surface area contributed by atoms with Crippen molar-refractivity contribution in [3.8, 4) is 5.75 Å². The minimum absolute atomic E-state index is 0.00566. The van der Waals surface area contributed by atoms with Crippen molar-refractivity contribution in [2.24, 2.45) is 7.05 Å². The van der Waals surface area contributed by atoms with Crippen LogP contribution >= 0.6 is 11.8 Å². The standard InChI is InChI=1S/C15H15N3O3S/c1-9(22-15-16-5-6-18(15)2)14(20)10-3-4-12-11(7-10)17-13(19)8-21-12/h3-7,9H,8H2,1-2H3,(H,17,19)/t9-/m0/s1. The third-order valence-corrected chi connectivity index (χ3v) is 4.50. The smallest absolute Gasteiger partial charge is 0.262 e. The second kappa shape index (κ2) is 5.84. The van der Waals surface area contributed by atoms with Crippen molar-refractivity contribution in [3.05, 3.63) is 36.2 Å². The zero-order chi connectivity index (χ0) is 15.7. The lowest BCUT2D eigenvalue weighted by atomic mass is 10.1. The number of hydrogen-bond acceptors (Lipinski definition) is 5. The normalized spacial score (nSPS) is 14.7. The Morgan fingerprint density at radius 1 is 1.50 bits per heavy atom. The molecule has 114 valence electrons. The Kier molecular flexibility index (Phi) is 3.89. The number of Topliss-reactive ketones (excluding diaryl/α,β-unsaturated/α-hetero) is 1.